The topological polar surface area (TPSA) is 39.2 Å². The van der Waals surface area contributed by atoms with Gasteiger partial charge in [0, 0.05) is 12.4 Å². The molecule has 2 heterocycles. The van der Waals surface area contributed by atoms with Gasteiger partial charge in [0.2, 0.25) is 0 Å². The van der Waals surface area contributed by atoms with E-state index in [1.54, 1.807) is 36.8 Å². The van der Waals surface area contributed by atoms with Crippen molar-refractivity contribution in [2.24, 2.45) is 0 Å². The van der Waals surface area contributed by atoms with E-state index >= 15 is 0 Å². The molecule has 1 aromatic carbocycles. The lowest BCUT2D eigenvalue weighted by Gasteiger charge is -2.10. The molecule has 0 amide bonds. The Labute approximate surface area is 135 Å². The van der Waals surface area contributed by atoms with Crippen molar-refractivity contribution < 1.29 is 0 Å². The Morgan fingerprint density at radius 3 is 2.73 bits per heavy atom. The van der Waals surface area contributed by atoms with E-state index in [1.165, 1.54) is 4.57 Å². The van der Waals surface area contributed by atoms with E-state index in [0.29, 0.717) is 15.8 Å². The number of halogens is 1. The first-order valence-corrected chi connectivity index (χ1v) is 7.29. The fourth-order valence-corrected chi connectivity index (χ4v) is 2.64. The van der Waals surface area contributed by atoms with Crippen molar-refractivity contribution in [3.63, 3.8) is 0 Å². The van der Waals surface area contributed by atoms with Gasteiger partial charge in [-0.25, -0.2) is 4.85 Å². The van der Waals surface area contributed by atoms with E-state index in [2.05, 4.69) is 25.8 Å². The molecule has 0 N–H and O–H groups in total. The SMILES string of the molecule is [C-]#[N+]c1ccccc1-c1cc(Br)c(=O)n(-c2cccnc2)c1. The van der Waals surface area contributed by atoms with Gasteiger partial charge in [-0.2, -0.15) is 0 Å². The van der Waals surface area contributed by atoms with Crippen LogP contribution in [0.5, 0.6) is 0 Å². The largest absolute Gasteiger partial charge is 0.281 e. The summed E-state index contributed by atoms with van der Waals surface area (Å²) in [5.74, 6) is 0. The van der Waals surface area contributed by atoms with Gasteiger partial charge >= 0.3 is 0 Å². The first-order chi connectivity index (χ1) is 10.7. The third kappa shape index (κ3) is 2.57. The van der Waals surface area contributed by atoms with Crippen LogP contribution in [-0.2, 0) is 0 Å². The minimum atomic E-state index is -0.169. The molecular weight excluding hydrogens is 342 g/mol. The maximum Gasteiger partial charge on any atom is 0.269 e. The van der Waals surface area contributed by atoms with Gasteiger partial charge in [0.15, 0.2) is 5.69 Å². The zero-order chi connectivity index (χ0) is 15.5. The van der Waals surface area contributed by atoms with Gasteiger partial charge in [-0.3, -0.25) is 14.3 Å². The molecule has 0 saturated carbocycles. The Balaban J connectivity index is 2.26. The number of benzene rings is 1. The molecule has 0 saturated heterocycles. The highest BCUT2D eigenvalue weighted by Gasteiger charge is 2.10. The van der Waals surface area contributed by atoms with Crippen LogP contribution in [0.3, 0.4) is 0 Å². The van der Waals surface area contributed by atoms with Gasteiger partial charge < -0.3 is 0 Å². The predicted octanol–water partition coefficient (Wildman–Crippen LogP) is 4.21. The quantitative estimate of drug-likeness (QED) is 0.648. The number of hydrogen-bond donors (Lipinski definition) is 0. The minimum Gasteiger partial charge on any atom is -0.281 e. The highest BCUT2D eigenvalue weighted by Crippen LogP contribution is 2.31. The number of pyridine rings is 2. The molecule has 0 radical (unpaired) electrons. The van der Waals surface area contributed by atoms with Gasteiger partial charge in [0.05, 0.1) is 22.9 Å². The van der Waals surface area contributed by atoms with Crippen LogP contribution in [0.4, 0.5) is 5.69 Å². The van der Waals surface area contributed by atoms with Crippen molar-refractivity contribution >= 4 is 21.6 Å². The Morgan fingerprint density at radius 1 is 1.18 bits per heavy atom. The van der Waals surface area contributed by atoms with E-state index in [9.17, 15) is 4.79 Å². The van der Waals surface area contributed by atoms with E-state index in [0.717, 1.165) is 11.1 Å². The number of rotatable bonds is 2. The van der Waals surface area contributed by atoms with E-state index in [1.807, 2.05) is 24.3 Å². The monoisotopic (exact) mass is 351 g/mol. The van der Waals surface area contributed by atoms with Crippen LogP contribution in [-0.4, -0.2) is 9.55 Å². The van der Waals surface area contributed by atoms with Gasteiger partial charge in [0.25, 0.3) is 5.56 Å². The molecule has 3 aromatic rings. The first kappa shape index (κ1) is 14.2. The van der Waals surface area contributed by atoms with Crippen LogP contribution in [0, 0.1) is 6.57 Å². The Hall–Kier alpha value is -2.71. The van der Waals surface area contributed by atoms with Crippen molar-refractivity contribution in [3.8, 4) is 16.8 Å². The van der Waals surface area contributed by atoms with Gasteiger partial charge in [-0.15, -0.1) is 0 Å². The second-order valence-corrected chi connectivity index (χ2v) is 5.45. The second-order valence-electron chi connectivity index (χ2n) is 4.59. The molecule has 0 aliphatic carbocycles. The highest BCUT2D eigenvalue weighted by molar-refractivity contribution is 9.10. The van der Waals surface area contributed by atoms with Crippen molar-refractivity contribution in [2.75, 3.05) is 0 Å². The summed E-state index contributed by atoms with van der Waals surface area (Å²) in [6.45, 7) is 7.28. The fourth-order valence-electron chi connectivity index (χ4n) is 2.20. The Kier molecular flexibility index (Phi) is 3.86. The normalized spacial score (nSPS) is 10.2. The maximum atomic E-state index is 12.3. The molecule has 0 unspecified atom stereocenters. The summed E-state index contributed by atoms with van der Waals surface area (Å²) < 4.78 is 1.96. The third-order valence-corrected chi connectivity index (χ3v) is 3.80. The highest BCUT2D eigenvalue weighted by atomic mass is 79.9. The molecular formula is C17H10BrN3O. The lowest BCUT2D eigenvalue weighted by molar-refractivity contribution is 0.971. The van der Waals surface area contributed by atoms with Crippen LogP contribution in [0.1, 0.15) is 0 Å². The molecule has 0 fully saturated rings. The van der Waals surface area contributed by atoms with Gasteiger partial charge in [-0.1, -0.05) is 24.3 Å². The molecule has 0 atom stereocenters. The fraction of sp³-hybridized carbons (Fsp3) is 0. The summed E-state index contributed by atoms with van der Waals surface area (Å²) in [5.41, 5.74) is 2.64. The summed E-state index contributed by atoms with van der Waals surface area (Å²) in [4.78, 5) is 19.9. The van der Waals surface area contributed by atoms with Crippen LogP contribution >= 0.6 is 15.9 Å². The van der Waals surface area contributed by atoms with Crippen molar-refractivity contribution in [1.82, 2.24) is 9.55 Å². The smallest absolute Gasteiger partial charge is 0.269 e. The molecule has 0 aliphatic rings. The number of nitrogens with zero attached hydrogens (tertiary/aromatic N) is 3. The Morgan fingerprint density at radius 2 is 2.00 bits per heavy atom. The number of para-hydroxylation sites is 1. The van der Waals surface area contributed by atoms with Crippen molar-refractivity contribution in [1.29, 1.82) is 0 Å². The lowest BCUT2D eigenvalue weighted by Crippen LogP contribution is -2.18. The second kappa shape index (κ2) is 5.96. The molecule has 0 aliphatic heterocycles. The summed E-state index contributed by atoms with van der Waals surface area (Å²) >= 11 is 3.31. The third-order valence-electron chi connectivity index (χ3n) is 3.23. The van der Waals surface area contributed by atoms with Crippen LogP contribution < -0.4 is 5.56 Å². The summed E-state index contributed by atoms with van der Waals surface area (Å²) in [6, 6.07) is 12.6. The van der Waals surface area contributed by atoms with Crippen LogP contribution in [0.25, 0.3) is 21.7 Å². The number of aromatic nitrogens is 2. The average molecular weight is 352 g/mol. The van der Waals surface area contributed by atoms with E-state index in [-0.39, 0.29) is 5.56 Å². The predicted molar refractivity (Wildman–Crippen MR) is 89.2 cm³/mol. The minimum absolute atomic E-state index is 0.169. The van der Waals surface area contributed by atoms with Gasteiger partial charge in [-0.05, 0) is 45.3 Å². The van der Waals surface area contributed by atoms with Crippen molar-refractivity contribution in [2.45, 2.75) is 0 Å². The molecule has 4 nitrogen and oxygen atoms in total. The standard InChI is InChI=1S/C17H10BrN3O/c1-19-16-7-3-2-6-14(16)12-9-15(18)17(22)21(11-12)13-5-4-8-20-10-13/h2-11H. The zero-order valence-electron chi connectivity index (χ0n) is 11.4. The number of hydrogen-bond acceptors (Lipinski definition) is 2. The summed E-state index contributed by atoms with van der Waals surface area (Å²) in [7, 11) is 0. The lowest BCUT2D eigenvalue weighted by atomic mass is 10.1. The average Bonchev–Trinajstić information content (AvgIpc) is 2.58. The molecule has 0 spiro atoms. The van der Waals surface area contributed by atoms with Crippen LogP contribution in [0.15, 0.2) is 70.3 Å². The molecule has 0 bridgehead atoms. The van der Waals surface area contributed by atoms with Crippen molar-refractivity contribution in [3.05, 3.63) is 87.3 Å². The summed E-state index contributed by atoms with van der Waals surface area (Å²) in [6.07, 6.45) is 5.01. The van der Waals surface area contributed by atoms with E-state index < -0.39 is 0 Å². The molecule has 2 aromatic heterocycles. The Bertz CT molecular complexity index is 927. The molecule has 5 heteroatoms. The summed E-state index contributed by atoms with van der Waals surface area (Å²) in [5, 5.41) is 0. The molecule has 106 valence electrons. The first-order valence-electron chi connectivity index (χ1n) is 6.50. The van der Waals surface area contributed by atoms with Gasteiger partial charge in [0.1, 0.15) is 0 Å². The molecule has 3 rings (SSSR count). The van der Waals surface area contributed by atoms with E-state index in [4.69, 9.17) is 6.57 Å². The maximum absolute atomic E-state index is 12.3. The zero-order valence-corrected chi connectivity index (χ0v) is 13.0. The van der Waals surface area contributed by atoms with Crippen LogP contribution in [0.2, 0.25) is 0 Å². The molecule has 22 heavy (non-hydrogen) atoms.